The molecule has 2 aromatic rings. The van der Waals surface area contributed by atoms with E-state index in [-0.39, 0.29) is 22.7 Å². The average molecular weight is 493 g/mol. The maximum absolute atomic E-state index is 13.5. The van der Waals surface area contributed by atoms with Crippen molar-refractivity contribution in [3.8, 4) is 0 Å². The molecule has 1 heterocycles. The smallest absolute Gasteiger partial charge is 0.289 e. The van der Waals surface area contributed by atoms with Crippen molar-refractivity contribution >= 4 is 11.9 Å². The molecule has 1 amide bonds. The van der Waals surface area contributed by atoms with Crippen molar-refractivity contribution in [1.82, 2.24) is 4.90 Å². The Hall–Kier alpha value is -2.76. The molecular weight excluding hydrogens is 448 g/mol. The highest BCUT2D eigenvalue weighted by molar-refractivity contribution is 5.91. The third kappa shape index (κ3) is 5.79. The highest BCUT2D eigenvalue weighted by Gasteiger charge is 2.37. The number of amides is 1. The summed E-state index contributed by atoms with van der Waals surface area (Å²) in [5.74, 6) is 1.53. The first-order valence-corrected chi connectivity index (χ1v) is 13.5. The molecule has 0 aliphatic heterocycles. The van der Waals surface area contributed by atoms with E-state index < -0.39 is 0 Å². The van der Waals surface area contributed by atoms with Crippen molar-refractivity contribution < 1.29 is 9.21 Å². The van der Waals surface area contributed by atoms with Gasteiger partial charge in [-0.15, -0.1) is 0 Å². The third-order valence-corrected chi connectivity index (χ3v) is 8.67. The first-order chi connectivity index (χ1) is 17.0. The molecule has 2 aliphatic carbocycles. The fourth-order valence-corrected chi connectivity index (χ4v) is 6.06. The number of hydrogen-bond donors (Lipinski definition) is 2. The monoisotopic (exact) mass is 492 g/mol. The van der Waals surface area contributed by atoms with Gasteiger partial charge >= 0.3 is 0 Å². The first kappa shape index (κ1) is 26.3. The van der Waals surface area contributed by atoms with Crippen LogP contribution in [-0.2, 0) is 17.4 Å². The number of nitrogens with zero attached hydrogens (tertiary/aromatic N) is 2. The van der Waals surface area contributed by atoms with E-state index in [4.69, 9.17) is 15.9 Å². The molecule has 0 unspecified atom stereocenters. The van der Waals surface area contributed by atoms with E-state index in [1.165, 1.54) is 35.1 Å². The van der Waals surface area contributed by atoms with Crippen LogP contribution >= 0.6 is 0 Å². The standard InChI is InChI=1S/C30H44N4O2/c1-20-15-24-25(30(4,5)13-12-29(24,2)3)16-23(20)19-34(27(35)26-7-6-14-36-26)18-22-10-8-21(9-11-22)17-33-28(31)32/h6-7,14-16,21-22H,8-13,17-19H2,1-5H3,(H4,31,32,33). The van der Waals surface area contributed by atoms with Gasteiger partial charge < -0.3 is 20.8 Å². The largest absolute Gasteiger partial charge is 0.459 e. The van der Waals surface area contributed by atoms with Crippen LogP contribution in [0.1, 0.15) is 99.0 Å². The van der Waals surface area contributed by atoms with Crippen molar-refractivity contribution in [3.63, 3.8) is 0 Å². The number of aryl methyl sites for hydroxylation is 1. The fourth-order valence-electron chi connectivity index (χ4n) is 6.06. The van der Waals surface area contributed by atoms with Crippen molar-refractivity contribution in [1.29, 1.82) is 0 Å². The summed E-state index contributed by atoms with van der Waals surface area (Å²) in [5, 5.41) is 0. The van der Waals surface area contributed by atoms with E-state index in [9.17, 15) is 4.79 Å². The minimum atomic E-state index is -0.0284. The Labute approximate surface area is 216 Å². The molecule has 6 heteroatoms. The van der Waals surface area contributed by atoms with Gasteiger partial charge in [0.1, 0.15) is 0 Å². The van der Waals surface area contributed by atoms with E-state index in [1.807, 2.05) is 4.90 Å². The molecule has 4 N–H and O–H groups in total. The number of nitrogens with two attached hydrogens (primary N) is 2. The lowest BCUT2D eigenvalue weighted by Crippen LogP contribution is -2.37. The topological polar surface area (TPSA) is 97.9 Å². The van der Waals surface area contributed by atoms with Gasteiger partial charge in [-0.25, -0.2) is 0 Å². The zero-order valence-corrected chi connectivity index (χ0v) is 22.8. The number of rotatable bonds is 7. The van der Waals surface area contributed by atoms with Crippen LogP contribution in [0, 0.1) is 18.8 Å². The van der Waals surface area contributed by atoms with Crippen molar-refractivity contribution in [2.24, 2.45) is 28.3 Å². The first-order valence-electron chi connectivity index (χ1n) is 13.5. The number of furan rings is 1. The minimum absolute atomic E-state index is 0.0284. The fraction of sp³-hybridized carbons (Fsp3) is 0.600. The molecule has 0 radical (unpaired) electrons. The summed E-state index contributed by atoms with van der Waals surface area (Å²) in [5.41, 5.74) is 16.7. The zero-order chi connectivity index (χ0) is 26.1. The van der Waals surface area contributed by atoms with Gasteiger partial charge in [0, 0.05) is 19.6 Å². The van der Waals surface area contributed by atoms with Crippen LogP contribution in [0.4, 0.5) is 0 Å². The summed E-state index contributed by atoms with van der Waals surface area (Å²) in [6.07, 6.45) is 8.29. The summed E-state index contributed by atoms with van der Waals surface area (Å²) in [7, 11) is 0. The number of benzene rings is 1. The van der Waals surface area contributed by atoms with Gasteiger partial charge in [-0.05, 0) is 103 Å². The van der Waals surface area contributed by atoms with Crippen molar-refractivity contribution in [2.45, 2.75) is 90.5 Å². The summed E-state index contributed by atoms with van der Waals surface area (Å²) < 4.78 is 5.53. The molecule has 1 aromatic heterocycles. The van der Waals surface area contributed by atoms with Gasteiger partial charge in [0.2, 0.25) is 0 Å². The minimum Gasteiger partial charge on any atom is -0.459 e. The summed E-state index contributed by atoms with van der Waals surface area (Å²) in [6, 6.07) is 8.33. The Morgan fingerprint density at radius 2 is 1.64 bits per heavy atom. The summed E-state index contributed by atoms with van der Waals surface area (Å²) >= 11 is 0. The van der Waals surface area contributed by atoms with Crippen molar-refractivity contribution in [3.05, 3.63) is 58.5 Å². The molecule has 1 saturated carbocycles. The van der Waals surface area contributed by atoms with E-state index in [1.54, 1.807) is 18.4 Å². The molecule has 0 spiro atoms. The third-order valence-electron chi connectivity index (χ3n) is 8.67. The molecule has 196 valence electrons. The lowest BCUT2D eigenvalue weighted by atomic mass is 9.62. The highest BCUT2D eigenvalue weighted by Crippen LogP contribution is 2.46. The number of aliphatic imine (C=N–C) groups is 1. The van der Waals surface area contributed by atoms with E-state index in [0.717, 1.165) is 32.2 Å². The molecule has 2 aliphatic rings. The lowest BCUT2D eigenvalue weighted by Gasteiger charge is -2.42. The summed E-state index contributed by atoms with van der Waals surface area (Å²) in [6.45, 7) is 13.7. The number of fused-ring (bicyclic) bond motifs is 1. The number of hydrogen-bond acceptors (Lipinski definition) is 3. The van der Waals surface area contributed by atoms with Crippen LogP contribution < -0.4 is 11.5 Å². The van der Waals surface area contributed by atoms with Gasteiger partial charge in [0.05, 0.1) is 6.26 Å². The van der Waals surface area contributed by atoms with Crippen LogP contribution in [-0.4, -0.2) is 29.9 Å². The second kappa shape index (κ2) is 10.3. The number of carbonyl (C=O) groups is 1. The molecule has 6 nitrogen and oxygen atoms in total. The molecule has 1 fully saturated rings. The molecule has 0 bridgehead atoms. The Morgan fingerprint density at radius 3 is 2.22 bits per heavy atom. The zero-order valence-electron chi connectivity index (χ0n) is 22.8. The van der Waals surface area contributed by atoms with Crippen LogP contribution in [0.5, 0.6) is 0 Å². The van der Waals surface area contributed by atoms with E-state index in [0.29, 0.717) is 30.7 Å². The quantitative estimate of drug-likeness (QED) is 0.385. The maximum Gasteiger partial charge on any atom is 0.289 e. The molecule has 0 atom stereocenters. The maximum atomic E-state index is 13.5. The van der Waals surface area contributed by atoms with Gasteiger partial charge in [-0.1, -0.05) is 39.8 Å². The van der Waals surface area contributed by atoms with Crippen LogP contribution in [0.2, 0.25) is 0 Å². The normalized spacial score (nSPS) is 22.5. The number of carbonyl (C=O) groups excluding carboxylic acids is 1. The molecule has 4 rings (SSSR count). The van der Waals surface area contributed by atoms with Gasteiger partial charge in [0.15, 0.2) is 11.7 Å². The van der Waals surface area contributed by atoms with Crippen LogP contribution in [0.15, 0.2) is 39.9 Å². The molecule has 36 heavy (non-hydrogen) atoms. The highest BCUT2D eigenvalue weighted by atomic mass is 16.3. The second-order valence-corrected chi connectivity index (χ2v) is 12.4. The van der Waals surface area contributed by atoms with E-state index in [2.05, 4.69) is 51.7 Å². The van der Waals surface area contributed by atoms with Crippen LogP contribution in [0.3, 0.4) is 0 Å². The Balaban J connectivity index is 1.56. The Kier molecular flexibility index (Phi) is 7.53. The Bertz CT molecular complexity index is 1090. The van der Waals surface area contributed by atoms with E-state index >= 15 is 0 Å². The van der Waals surface area contributed by atoms with Gasteiger partial charge in [-0.2, -0.15) is 0 Å². The lowest BCUT2D eigenvalue weighted by molar-refractivity contribution is 0.0659. The second-order valence-electron chi connectivity index (χ2n) is 12.4. The number of guanidine groups is 1. The van der Waals surface area contributed by atoms with Gasteiger partial charge in [0.25, 0.3) is 5.91 Å². The molecule has 1 aromatic carbocycles. The predicted octanol–water partition coefficient (Wildman–Crippen LogP) is 5.66. The molecule has 0 saturated heterocycles. The summed E-state index contributed by atoms with van der Waals surface area (Å²) in [4.78, 5) is 19.8. The predicted molar refractivity (Wildman–Crippen MR) is 146 cm³/mol. The van der Waals surface area contributed by atoms with Gasteiger partial charge in [-0.3, -0.25) is 9.79 Å². The Morgan fingerprint density at radius 1 is 1.03 bits per heavy atom. The van der Waals surface area contributed by atoms with Crippen LogP contribution in [0.25, 0.3) is 0 Å². The van der Waals surface area contributed by atoms with Crippen molar-refractivity contribution in [2.75, 3.05) is 13.1 Å². The average Bonchev–Trinajstić information content (AvgIpc) is 3.36. The SMILES string of the molecule is Cc1cc2c(cc1CN(CC1CCC(CN=C(N)N)CC1)C(=O)c1ccco1)C(C)(C)CCC2(C)C. The molecular formula is C30H44N4O2.